The van der Waals surface area contributed by atoms with E-state index in [2.05, 4.69) is 10.4 Å². The van der Waals surface area contributed by atoms with E-state index < -0.39 is 12.0 Å². The van der Waals surface area contributed by atoms with Crippen LogP contribution in [0.2, 0.25) is 5.02 Å². The third-order valence-corrected chi connectivity index (χ3v) is 3.89. The summed E-state index contributed by atoms with van der Waals surface area (Å²) in [4.78, 5) is 11.5. The second kappa shape index (κ2) is 6.47. The summed E-state index contributed by atoms with van der Waals surface area (Å²) < 4.78 is 12.3. The summed E-state index contributed by atoms with van der Waals surface area (Å²) >= 11 is 6.19. The van der Waals surface area contributed by atoms with Crippen LogP contribution in [0.3, 0.4) is 0 Å². The van der Waals surface area contributed by atoms with Crippen LogP contribution in [-0.2, 0) is 17.9 Å². The van der Waals surface area contributed by atoms with Crippen LogP contribution in [0.1, 0.15) is 11.1 Å². The lowest BCUT2D eigenvalue weighted by atomic mass is 10.1. The molecule has 2 aromatic rings. The Balaban J connectivity index is 1.72. The Morgan fingerprint density at radius 2 is 2.35 bits per heavy atom. The molecule has 0 saturated heterocycles. The number of carbonyl (C=O) groups is 1. The third kappa shape index (κ3) is 3.40. The van der Waals surface area contributed by atoms with Crippen LogP contribution in [0.4, 0.5) is 0 Å². The van der Waals surface area contributed by atoms with Gasteiger partial charge in [0.15, 0.2) is 11.5 Å². The normalized spacial score (nSPS) is 14.0. The maximum atomic E-state index is 11.5. The van der Waals surface area contributed by atoms with Crippen molar-refractivity contribution in [2.45, 2.75) is 26.1 Å². The molecule has 23 heavy (non-hydrogen) atoms. The van der Waals surface area contributed by atoms with E-state index in [0.717, 1.165) is 5.56 Å². The van der Waals surface area contributed by atoms with Crippen molar-refractivity contribution in [2.75, 3.05) is 6.79 Å². The number of carboxylic acids is 1. The second-order valence-electron chi connectivity index (χ2n) is 5.27. The van der Waals surface area contributed by atoms with Gasteiger partial charge in [-0.25, -0.2) is 0 Å². The van der Waals surface area contributed by atoms with Crippen molar-refractivity contribution in [2.24, 2.45) is 0 Å². The zero-order valence-corrected chi connectivity index (χ0v) is 13.2. The quantitative estimate of drug-likeness (QED) is 0.836. The second-order valence-corrected chi connectivity index (χ2v) is 5.68. The summed E-state index contributed by atoms with van der Waals surface area (Å²) in [6.45, 7) is 2.50. The number of hydrogen-bond donors (Lipinski definition) is 2. The van der Waals surface area contributed by atoms with E-state index >= 15 is 0 Å². The SMILES string of the molecule is Cc1cnn(CC(NCc2c(Cl)ccc3c2OCO3)C(=O)O)c1. The van der Waals surface area contributed by atoms with Gasteiger partial charge in [0.25, 0.3) is 0 Å². The number of fused-ring (bicyclic) bond motifs is 1. The molecule has 1 aliphatic rings. The summed E-state index contributed by atoms with van der Waals surface area (Å²) in [6, 6.07) is 2.64. The molecule has 1 aliphatic heterocycles. The molecule has 8 heteroatoms. The van der Waals surface area contributed by atoms with Gasteiger partial charge in [-0.15, -0.1) is 0 Å². The van der Waals surface area contributed by atoms with Gasteiger partial charge < -0.3 is 14.6 Å². The molecule has 0 spiro atoms. The summed E-state index contributed by atoms with van der Waals surface area (Å²) in [5.41, 5.74) is 1.66. The maximum Gasteiger partial charge on any atom is 0.322 e. The average molecular weight is 338 g/mol. The summed E-state index contributed by atoms with van der Waals surface area (Å²) in [7, 11) is 0. The Labute approximate surface area is 137 Å². The van der Waals surface area contributed by atoms with E-state index in [1.807, 2.05) is 6.92 Å². The molecule has 0 amide bonds. The van der Waals surface area contributed by atoms with Gasteiger partial charge in [-0.3, -0.25) is 14.8 Å². The first kappa shape index (κ1) is 15.6. The van der Waals surface area contributed by atoms with Crippen molar-refractivity contribution in [3.8, 4) is 11.5 Å². The van der Waals surface area contributed by atoms with Gasteiger partial charge in [0.1, 0.15) is 6.04 Å². The minimum atomic E-state index is -0.959. The lowest BCUT2D eigenvalue weighted by Gasteiger charge is -2.16. The molecule has 0 bridgehead atoms. The van der Waals surface area contributed by atoms with E-state index in [9.17, 15) is 9.90 Å². The van der Waals surface area contributed by atoms with Gasteiger partial charge in [-0.2, -0.15) is 5.10 Å². The Morgan fingerprint density at radius 3 is 3.04 bits per heavy atom. The molecule has 3 rings (SSSR count). The van der Waals surface area contributed by atoms with Crippen LogP contribution < -0.4 is 14.8 Å². The predicted molar refractivity (Wildman–Crippen MR) is 82.8 cm³/mol. The van der Waals surface area contributed by atoms with Crippen LogP contribution in [0.15, 0.2) is 24.5 Å². The Bertz CT molecular complexity index is 732. The fraction of sp³-hybridized carbons (Fsp3) is 0.333. The van der Waals surface area contributed by atoms with Crippen molar-refractivity contribution in [1.82, 2.24) is 15.1 Å². The Kier molecular flexibility index (Phi) is 4.40. The molecule has 7 nitrogen and oxygen atoms in total. The number of aliphatic carboxylic acids is 1. The standard InChI is InChI=1S/C15H16ClN3O4/c1-9-4-18-19(6-9)7-12(15(20)21)17-5-10-11(16)2-3-13-14(10)23-8-22-13/h2-4,6,12,17H,5,7-8H2,1H3,(H,20,21). The molecule has 2 heterocycles. The first-order chi connectivity index (χ1) is 11.0. The first-order valence-corrected chi connectivity index (χ1v) is 7.44. The van der Waals surface area contributed by atoms with Crippen molar-refractivity contribution < 1.29 is 19.4 Å². The largest absolute Gasteiger partial charge is 0.480 e. The minimum Gasteiger partial charge on any atom is -0.480 e. The van der Waals surface area contributed by atoms with E-state index in [0.29, 0.717) is 22.1 Å². The summed E-state index contributed by atoms with van der Waals surface area (Å²) in [6.07, 6.45) is 3.48. The van der Waals surface area contributed by atoms with Crippen molar-refractivity contribution in [3.63, 3.8) is 0 Å². The fourth-order valence-electron chi connectivity index (χ4n) is 2.38. The number of ether oxygens (including phenoxy) is 2. The summed E-state index contributed by atoms with van der Waals surface area (Å²) in [5, 5.41) is 17.0. The molecule has 122 valence electrons. The molecule has 1 unspecified atom stereocenters. The number of hydrogen-bond acceptors (Lipinski definition) is 5. The monoisotopic (exact) mass is 337 g/mol. The minimum absolute atomic E-state index is 0.137. The van der Waals surface area contributed by atoms with Gasteiger partial charge in [0.05, 0.1) is 12.7 Å². The van der Waals surface area contributed by atoms with Gasteiger partial charge in [-0.05, 0) is 24.6 Å². The number of halogens is 1. The molecule has 0 radical (unpaired) electrons. The third-order valence-electron chi connectivity index (χ3n) is 3.54. The number of benzene rings is 1. The maximum absolute atomic E-state index is 11.5. The molecular weight excluding hydrogens is 322 g/mol. The van der Waals surface area contributed by atoms with Crippen LogP contribution in [0, 0.1) is 6.92 Å². The van der Waals surface area contributed by atoms with Gasteiger partial charge in [-0.1, -0.05) is 11.6 Å². The highest BCUT2D eigenvalue weighted by atomic mass is 35.5. The average Bonchev–Trinajstić information content (AvgIpc) is 3.13. The van der Waals surface area contributed by atoms with Crippen LogP contribution in [0.25, 0.3) is 0 Å². The Morgan fingerprint density at radius 1 is 1.52 bits per heavy atom. The number of rotatable bonds is 6. The van der Waals surface area contributed by atoms with E-state index in [1.165, 1.54) is 0 Å². The molecule has 1 aromatic heterocycles. The molecule has 1 atom stereocenters. The van der Waals surface area contributed by atoms with Crippen LogP contribution in [0.5, 0.6) is 11.5 Å². The van der Waals surface area contributed by atoms with E-state index in [1.54, 1.807) is 29.2 Å². The van der Waals surface area contributed by atoms with E-state index in [4.69, 9.17) is 21.1 Å². The molecule has 2 N–H and O–H groups in total. The zero-order valence-electron chi connectivity index (χ0n) is 12.5. The number of aryl methyl sites for hydroxylation is 1. The first-order valence-electron chi connectivity index (χ1n) is 7.07. The lowest BCUT2D eigenvalue weighted by molar-refractivity contribution is -0.140. The molecule has 1 aromatic carbocycles. The molecule has 0 saturated carbocycles. The Hall–Kier alpha value is -2.25. The summed E-state index contributed by atoms with van der Waals surface area (Å²) in [5.74, 6) is 0.212. The number of nitrogens with one attached hydrogen (secondary N) is 1. The molecule has 0 aliphatic carbocycles. The topological polar surface area (TPSA) is 85.6 Å². The molecule has 0 fully saturated rings. The van der Waals surface area contributed by atoms with Gasteiger partial charge in [0.2, 0.25) is 6.79 Å². The van der Waals surface area contributed by atoms with Crippen LogP contribution >= 0.6 is 11.6 Å². The van der Waals surface area contributed by atoms with Gasteiger partial charge >= 0.3 is 5.97 Å². The zero-order chi connectivity index (χ0) is 16.4. The predicted octanol–water partition coefficient (Wildman–Crippen LogP) is 1.82. The van der Waals surface area contributed by atoms with Crippen molar-refractivity contribution in [3.05, 3.63) is 40.7 Å². The number of nitrogens with zero attached hydrogens (tertiary/aromatic N) is 2. The fourth-order valence-corrected chi connectivity index (χ4v) is 2.60. The van der Waals surface area contributed by atoms with Crippen molar-refractivity contribution >= 4 is 17.6 Å². The number of aromatic nitrogens is 2. The van der Waals surface area contributed by atoms with Crippen LogP contribution in [-0.4, -0.2) is 33.7 Å². The van der Waals surface area contributed by atoms with Crippen molar-refractivity contribution in [1.29, 1.82) is 0 Å². The molecular formula is C15H16ClN3O4. The smallest absolute Gasteiger partial charge is 0.322 e. The number of carboxylic acid groups (broad SMARTS) is 1. The highest BCUT2D eigenvalue weighted by Crippen LogP contribution is 2.39. The van der Waals surface area contributed by atoms with E-state index in [-0.39, 0.29) is 19.9 Å². The van der Waals surface area contributed by atoms with Gasteiger partial charge in [0, 0.05) is 23.3 Å². The lowest BCUT2D eigenvalue weighted by Crippen LogP contribution is -2.40. The highest BCUT2D eigenvalue weighted by molar-refractivity contribution is 6.31. The highest BCUT2D eigenvalue weighted by Gasteiger charge is 2.23.